The van der Waals surface area contributed by atoms with Gasteiger partial charge in [0, 0.05) is 5.56 Å². The Morgan fingerprint density at radius 3 is 2.57 bits per heavy atom. The zero-order valence-corrected chi connectivity index (χ0v) is 14.3. The molecule has 4 nitrogen and oxygen atoms in total. The number of aryl methyl sites for hydroxylation is 1. The van der Waals surface area contributed by atoms with Gasteiger partial charge in [-0.3, -0.25) is 0 Å². The van der Waals surface area contributed by atoms with Crippen LogP contribution < -0.4 is 4.74 Å². The van der Waals surface area contributed by atoms with E-state index in [0.29, 0.717) is 5.90 Å². The minimum atomic E-state index is -0.451. The van der Waals surface area contributed by atoms with Crippen molar-refractivity contribution in [2.24, 2.45) is 4.99 Å². The molecule has 0 N–H and O–H groups in total. The quantitative estimate of drug-likeness (QED) is 0.602. The molecule has 0 saturated heterocycles. The number of benzene rings is 2. The summed E-state index contributed by atoms with van der Waals surface area (Å²) in [6, 6.07) is 13.2. The fourth-order valence-corrected chi connectivity index (χ4v) is 2.72. The van der Waals surface area contributed by atoms with Crippen LogP contribution in [0.2, 0.25) is 0 Å². The van der Waals surface area contributed by atoms with Crippen LogP contribution in [0.4, 0.5) is 0 Å². The van der Waals surface area contributed by atoms with Gasteiger partial charge in [-0.15, -0.1) is 0 Å². The molecule has 116 valence electrons. The van der Waals surface area contributed by atoms with Gasteiger partial charge in [-0.05, 0) is 58.8 Å². The van der Waals surface area contributed by atoms with Gasteiger partial charge in [0.15, 0.2) is 5.70 Å². The van der Waals surface area contributed by atoms with E-state index in [1.165, 1.54) is 0 Å². The van der Waals surface area contributed by atoms with E-state index in [0.717, 1.165) is 26.9 Å². The van der Waals surface area contributed by atoms with Crippen LogP contribution in [0, 0.1) is 6.92 Å². The first kappa shape index (κ1) is 15.5. The highest BCUT2D eigenvalue weighted by Crippen LogP contribution is 2.27. The molecule has 1 aliphatic heterocycles. The van der Waals surface area contributed by atoms with Crippen LogP contribution in [0.1, 0.15) is 16.7 Å². The van der Waals surface area contributed by atoms with E-state index < -0.39 is 5.97 Å². The van der Waals surface area contributed by atoms with Crippen molar-refractivity contribution in [1.82, 2.24) is 0 Å². The van der Waals surface area contributed by atoms with Gasteiger partial charge in [-0.2, -0.15) is 0 Å². The zero-order valence-electron chi connectivity index (χ0n) is 12.7. The van der Waals surface area contributed by atoms with Gasteiger partial charge in [-0.25, -0.2) is 9.79 Å². The minimum Gasteiger partial charge on any atom is -0.496 e. The molecule has 0 bridgehead atoms. The van der Waals surface area contributed by atoms with E-state index in [9.17, 15) is 4.79 Å². The van der Waals surface area contributed by atoms with E-state index in [4.69, 9.17) is 9.47 Å². The molecule has 1 aliphatic rings. The van der Waals surface area contributed by atoms with Gasteiger partial charge in [0.2, 0.25) is 5.90 Å². The van der Waals surface area contributed by atoms with Gasteiger partial charge in [0.25, 0.3) is 0 Å². The summed E-state index contributed by atoms with van der Waals surface area (Å²) in [7, 11) is 1.60. The van der Waals surface area contributed by atoms with Crippen molar-refractivity contribution in [1.29, 1.82) is 0 Å². The lowest BCUT2D eigenvalue weighted by Crippen LogP contribution is -2.05. The average molecular weight is 372 g/mol. The van der Waals surface area contributed by atoms with Gasteiger partial charge in [0.1, 0.15) is 5.75 Å². The monoisotopic (exact) mass is 371 g/mol. The van der Waals surface area contributed by atoms with Crippen molar-refractivity contribution < 1.29 is 14.3 Å². The first-order valence-corrected chi connectivity index (χ1v) is 7.79. The Bertz CT molecular complexity index is 823. The molecular weight excluding hydrogens is 358 g/mol. The molecule has 0 fully saturated rings. The molecular formula is C18H14BrNO3. The second-order valence-electron chi connectivity index (χ2n) is 5.10. The largest absolute Gasteiger partial charge is 0.496 e. The number of hydrogen-bond acceptors (Lipinski definition) is 4. The fourth-order valence-electron chi connectivity index (χ4n) is 2.16. The second-order valence-corrected chi connectivity index (χ2v) is 5.95. The molecule has 0 aromatic heterocycles. The molecule has 3 rings (SSSR count). The fraction of sp³-hybridized carbons (Fsp3) is 0.111. The van der Waals surface area contributed by atoms with E-state index in [2.05, 4.69) is 20.9 Å². The second kappa shape index (κ2) is 6.38. The van der Waals surface area contributed by atoms with Crippen LogP contribution in [0.5, 0.6) is 5.75 Å². The standard InChI is InChI=1S/C18H14BrNO3/c1-11-3-6-13(7-4-11)17-20-15(18(21)23-17)10-12-5-8-16(22-2)14(19)9-12/h3-10H,1-2H3/b15-10+. The maximum atomic E-state index is 12.0. The molecule has 2 aromatic carbocycles. The van der Waals surface area contributed by atoms with E-state index in [1.54, 1.807) is 13.2 Å². The minimum absolute atomic E-state index is 0.276. The predicted octanol–water partition coefficient (Wildman–Crippen LogP) is 4.11. The summed E-state index contributed by atoms with van der Waals surface area (Å²) in [5, 5.41) is 0. The number of carbonyl (C=O) groups is 1. The Morgan fingerprint density at radius 2 is 1.91 bits per heavy atom. The maximum absolute atomic E-state index is 12.0. The Hall–Kier alpha value is -2.40. The van der Waals surface area contributed by atoms with E-state index in [1.807, 2.05) is 49.4 Å². The Labute approximate surface area is 142 Å². The third-order valence-corrected chi connectivity index (χ3v) is 4.02. The summed E-state index contributed by atoms with van der Waals surface area (Å²) in [5.74, 6) is 0.603. The third-order valence-electron chi connectivity index (χ3n) is 3.40. The summed E-state index contributed by atoms with van der Waals surface area (Å²) >= 11 is 3.42. The number of carbonyl (C=O) groups excluding carboxylic acids is 1. The number of rotatable bonds is 3. The highest BCUT2D eigenvalue weighted by Gasteiger charge is 2.24. The molecule has 2 aromatic rings. The van der Waals surface area contributed by atoms with Crippen LogP contribution in [0.3, 0.4) is 0 Å². The lowest BCUT2D eigenvalue weighted by molar-refractivity contribution is -0.129. The first-order chi connectivity index (χ1) is 11.1. The Kier molecular flexibility index (Phi) is 4.30. The highest BCUT2D eigenvalue weighted by molar-refractivity contribution is 9.10. The summed E-state index contributed by atoms with van der Waals surface area (Å²) in [6.45, 7) is 2.00. The molecule has 0 radical (unpaired) electrons. The number of cyclic esters (lactones) is 1. The number of ether oxygens (including phenoxy) is 2. The van der Waals surface area contributed by atoms with Crippen molar-refractivity contribution in [2.75, 3.05) is 7.11 Å². The molecule has 0 atom stereocenters. The number of halogens is 1. The number of hydrogen-bond donors (Lipinski definition) is 0. The first-order valence-electron chi connectivity index (χ1n) is 7.00. The molecule has 23 heavy (non-hydrogen) atoms. The molecule has 0 unspecified atom stereocenters. The van der Waals surface area contributed by atoms with Crippen molar-refractivity contribution in [3.8, 4) is 5.75 Å². The van der Waals surface area contributed by atoms with Gasteiger partial charge >= 0.3 is 5.97 Å². The maximum Gasteiger partial charge on any atom is 0.363 e. The van der Waals surface area contributed by atoms with Crippen LogP contribution in [-0.4, -0.2) is 19.0 Å². The molecule has 5 heteroatoms. The van der Waals surface area contributed by atoms with Crippen LogP contribution in [0.25, 0.3) is 6.08 Å². The molecule has 0 amide bonds. The van der Waals surface area contributed by atoms with Crippen molar-refractivity contribution >= 4 is 33.9 Å². The summed E-state index contributed by atoms with van der Waals surface area (Å²) in [5.41, 5.74) is 3.02. The van der Waals surface area contributed by atoms with Gasteiger partial charge in [0.05, 0.1) is 11.6 Å². The number of nitrogens with zero attached hydrogens (tertiary/aromatic N) is 1. The number of methoxy groups -OCH3 is 1. The normalized spacial score (nSPS) is 15.5. The zero-order chi connectivity index (χ0) is 16.4. The number of aliphatic imine (C=N–C) groups is 1. The lowest BCUT2D eigenvalue weighted by Gasteiger charge is -2.03. The number of esters is 1. The molecule has 0 spiro atoms. The summed E-state index contributed by atoms with van der Waals surface area (Å²) in [6.07, 6.45) is 1.69. The van der Waals surface area contributed by atoms with Gasteiger partial charge in [-0.1, -0.05) is 23.8 Å². The summed E-state index contributed by atoms with van der Waals surface area (Å²) < 4.78 is 11.3. The van der Waals surface area contributed by atoms with Crippen molar-refractivity contribution in [3.05, 3.63) is 69.3 Å². The van der Waals surface area contributed by atoms with Crippen LogP contribution in [0.15, 0.2) is 57.6 Å². The average Bonchev–Trinajstić information content (AvgIpc) is 2.89. The lowest BCUT2D eigenvalue weighted by atomic mass is 10.1. The Balaban J connectivity index is 1.91. The topological polar surface area (TPSA) is 47.9 Å². The van der Waals surface area contributed by atoms with E-state index >= 15 is 0 Å². The van der Waals surface area contributed by atoms with Crippen molar-refractivity contribution in [3.63, 3.8) is 0 Å². The molecule has 0 aliphatic carbocycles. The highest BCUT2D eigenvalue weighted by atomic mass is 79.9. The molecule has 1 heterocycles. The van der Waals surface area contributed by atoms with Gasteiger partial charge < -0.3 is 9.47 Å². The van der Waals surface area contributed by atoms with Crippen molar-refractivity contribution in [2.45, 2.75) is 6.92 Å². The third kappa shape index (κ3) is 3.35. The smallest absolute Gasteiger partial charge is 0.363 e. The molecule has 0 saturated carbocycles. The predicted molar refractivity (Wildman–Crippen MR) is 92.5 cm³/mol. The SMILES string of the molecule is COc1ccc(/C=C2/N=C(c3ccc(C)cc3)OC2=O)cc1Br. The van der Waals surface area contributed by atoms with Crippen LogP contribution >= 0.6 is 15.9 Å². The van der Waals surface area contributed by atoms with Crippen LogP contribution in [-0.2, 0) is 9.53 Å². The summed E-state index contributed by atoms with van der Waals surface area (Å²) in [4.78, 5) is 16.3. The Morgan fingerprint density at radius 1 is 1.17 bits per heavy atom. The van der Waals surface area contributed by atoms with E-state index in [-0.39, 0.29) is 5.70 Å².